The molecular weight excluding hydrogens is 404 g/mol. The molecule has 3 aromatic rings. The zero-order valence-corrected chi connectivity index (χ0v) is 17.3. The Kier molecular flexibility index (Phi) is 6.91. The molecule has 1 heterocycles. The number of hydrogen-bond acceptors (Lipinski definition) is 7. The highest BCUT2D eigenvalue weighted by atomic mass is 32.2. The van der Waals surface area contributed by atoms with Crippen LogP contribution < -0.4 is 5.43 Å². The van der Waals surface area contributed by atoms with Crippen LogP contribution in [0.3, 0.4) is 0 Å². The number of hydrogen-bond donors (Lipinski definition) is 1. The summed E-state index contributed by atoms with van der Waals surface area (Å²) in [6.07, 6.45) is 1.25. The zero-order chi connectivity index (χ0) is 21.5. The predicted molar refractivity (Wildman–Crippen MR) is 115 cm³/mol. The van der Waals surface area contributed by atoms with Gasteiger partial charge in [-0.05, 0) is 19.9 Å². The second kappa shape index (κ2) is 9.79. The number of thioether (sulfide) groups is 1. The van der Waals surface area contributed by atoms with E-state index in [1.54, 1.807) is 18.2 Å². The molecule has 0 aliphatic heterocycles. The van der Waals surface area contributed by atoms with Gasteiger partial charge in [0.05, 0.1) is 22.5 Å². The maximum absolute atomic E-state index is 12.1. The number of amides is 1. The van der Waals surface area contributed by atoms with Gasteiger partial charge in [0.15, 0.2) is 11.0 Å². The van der Waals surface area contributed by atoms with Gasteiger partial charge in [-0.3, -0.25) is 14.9 Å². The Balaban J connectivity index is 1.61. The molecule has 154 valence electrons. The topological polar surface area (TPSA) is 115 Å². The lowest BCUT2D eigenvalue weighted by atomic mass is 10.1. The van der Waals surface area contributed by atoms with Crippen molar-refractivity contribution in [2.24, 2.45) is 5.10 Å². The molecule has 0 atom stereocenters. The first-order valence-corrected chi connectivity index (χ1v) is 10.2. The minimum absolute atomic E-state index is 0.0791. The molecule has 1 amide bonds. The van der Waals surface area contributed by atoms with Crippen LogP contribution in [0.5, 0.6) is 0 Å². The first-order chi connectivity index (χ1) is 14.5. The molecule has 0 saturated heterocycles. The van der Waals surface area contributed by atoms with Gasteiger partial charge in [0.1, 0.15) is 0 Å². The second-order valence-electron chi connectivity index (χ2n) is 6.31. The summed E-state index contributed by atoms with van der Waals surface area (Å²) in [6.45, 7) is 4.67. The minimum Gasteiger partial charge on any atom is -0.302 e. The van der Waals surface area contributed by atoms with Crippen LogP contribution in [0.1, 0.15) is 18.1 Å². The molecule has 0 spiro atoms. The normalized spacial score (nSPS) is 11.0. The van der Waals surface area contributed by atoms with Crippen molar-refractivity contribution >= 4 is 29.6 Å². The van der Waals surface area contributed by atoms with Gasteiger partial charge in [-0.1, -0.05) is 53.7 Å². The van der Waals surface area contributed by atoms with Crippen molar-refractivity contribution < 1.29 is 9.72 Å². The van der Waals surface area contributed by atoms with Crippen LogP contribution in [0.2, 0.25) is 0 Å². The van der Waals surface area contributed by atoms with Crippen molar-refractivity contribution in [2.75, 3.05) is 5.75 Å². The molecule has 0 fully saturated rings. The third-order valence-corrected chi connectivity index (χ3v) is 5.17. The fourth-order valence-electron chi connectivity index (χ4n) is 2.70. The van der Waals surface area contributed by atoms with Gasteiger partial charge in [0, 0.05) is 18.2 Å². The molecule has 0 saturated carbocycles. The number of para-hydroxylation sites is 1. The van der Waals surface area contributed by atoms with Crippen molar-refractivity contribution in [3.05, 3.63) is 69.8 Å². The van der Waals surface area contributed by atoms with Gasteiger partial charge in [0.2, 0.25) is 0 Å². The van der Waals surface area contributed by atoms with Gasteiger partial charge in [-0.25, -0.2) is 5.43 Å². The van der Waals surface area contributed by atoms with Crippen LogP contribution in [0, 0.1) is 17.0 Å². The first-order valence-electron chi connectivity index (χ1n) is 9.18. The van der Waals surface area contributed by atoms with E-state index < -0.39 is 4.92 Å². The molecule has 9 nitrogen and oxygen atoms in total. The lowest BCUT2D eigenvalue weighted by Crippen LogP contribution is -2.20. The average Bonchev–Trinajstić information content (AvgIpc) is 3.16. The number of benzene rings is 2. The van der Waals surface area contributed by atoms with Gasteiger partial charge < -0.3 is 4.57 Å². The van der Waals surface area contributed by atoms with E-state index in [0.717, 1.165) is 17.0 Å². The summed E-state index contributed by atoms with van der Waals surface area (Å²) in [5.74, 6) is 0.479. The smallest absolute Gasteiger partial charge is 0.278 e. The van der Waals surface area contributed by atoms with E-state index in [1.807, 2.05) is 42.7 Å². The van der Waals surface area contributed by atoms with Crippen molar-refractivity contribution in [1.82, 2.24) is 20.2 Å². The number of carbonyl (C=O) groups excluding carboxylic acids is 1. The number of aromatic nitrogens is 3. The summed E-state index contributed by atoms with van der Waals surface area (Å²) in [6, 6.07) is 14.2. The molecule has 0 aliphatic rings. The third kappa shape index (κ3) is 5.09. The van der Waals surface area contributed by atoms with Crippen LogP contribution in [0.15, 0.2) is 58.8 Å². The van der Waals surface area contributed by atoms with Crippen molar-refractivity contribution in [1.29, 1.82) is 0 Å². The Morgan fingerprint density at radius 1 is 1.23 bits per heavy atom. The summed E-state index contributed by atoms with van der Waals surface area (Å²) in [7, 11) is 0. The number of nitro benzene ring substituents is 1. The van der Waals surface area contributed by atoms with Crippen LogP contribution in [-0.4, -0.2) is 37.6 Å². The van der Waals surface area contributed by atoms with E-state index in [-0.39, 0.29) is 17.3 Å². The van der Waals surface area contributed by atoms with Crippen molar-refractivity contribution in [3.8, 4) is 11.4 Å². The minimum atomic E-state index is -0.498. The number of hydrazone groups is 1. The number of rotatable bonds is 8. The van der Waals surface area contributed by atoms with Crippen molar-refractivity contribution in [3.63, 3.8) is 0 Å². The molecule has 0 radical (unpaired) electrons. The lowest BCUT2D eigenvalue weighted by molar-refractivity contribution is -0.385. The van der Waals surface area contributed by atoms with E-state index in [1.165, 1.54) is 24.0 Å². The molecule has 30 heavy (non-hydrogen) atoms. The van der Waals surface area contributed by atoms with E-state index in [2.05, 4.69) is 20.7 Å². The fraction of sp³-hybridized carbons (Fsp3) is 0.200. The summed E-state index contributed by atoms with van der Waals surface area (Å²) < 4.78 is 1.94. The molecule has 1 N–H and O–H groups in total. The molecule has 0 bridgehead atoms. The van der Waals surface area contributed by atoms with Crippen molar-refractivity contribution in [2.45, 2.75) is 25.5 Å². The highest BCUT2D eigenvalue weighted by molar-refractivity contribution is 7.99. The highest BCUT2D eigenvalue weighted by Crippen LogP contribution is 2.24. The zero-order valence-electron chi connectivity index (χ0n) is 16.5. The molecule has 2 aromatic carbocycles. The quantitative estimate of drug-likeness (QED) is 0.256. The van der Waals surface area contributed by atoms with Gasteiger partial charge >= 0.3 is 0 Å². The number of aryl methyl sites for hydroxylation is 1. The summed E-state index contributed by atoms with van der Waals surface area (Å²) in [5.41, 5.74) is 4.73. The second-order valence-corrected chi connectivity index (χ2v) is 7.26. The fourth-order valence-corrected chi connectivity index (χ4v) is 3.49. The Morgan fingerprint density at radius 2 is 1.97 bits per heavy atom. The monoisotopic (exact) mass is 424 g/mol. The first kappa shape index (κ1) is 21.2. The predicted octanol–water partition coefficient (Wildman–Crippen LogP) is 3.42. The SMILES string of the molecule is CCn1c(SCC(=O)N/N=C\c2ccccc2[N+](=O)[O-])nnc1-c1ccc(C)cc1. The highest BCUT2D eigenvalue weighted by Gasteiger charge is 2.14. The molecule has 0 aliphatic carbocycles. The summed E-state index contributed by atoms with van der Waals surface area (Å²) in [4.78, 5) is 22.6. The van der Waals surface area contributed by atoms with E-state index in [0.29, 0.717) is 17.3 Å². The molecule has 0 unspecified atom stereocenters. The van der Waals surface area contributed by atoms with E-state index in [9.17, 15) is 14.9 Å². The standard InChI is InChI=1S/C20H20N6O3S/c1-3-25-19(15-10-8-14(2)9-11-15)23-24-20(25)30-13-18(27)22-21-12-16-6-4-5-7-17(16)26(28)29/h4-12H,3,13H2,1-2H3,(H,22,27)/b21-12-. The van der Waals surface area contributed by atoms with Crippen LogP contribution in [0.25, 0.3) is 11.4 Å². The average molecular weight is 424 g/mol. The Hall–Kier alpha value is -3.53. The molecular formula is C20H20N6O3S. The lowest BCUT2D eigenvalue weighted by Gasteiger charge is -2.07. The summed E-state index contributed by atoms with van der Waals surface area (Å²) in [5, 5.41) is 23.9. The van der Waals surface area contributed by atoms with E-state index in [4.69, 9.17) is 0 Å². The van der Waals surface area contributed by atoms with Gasteiger partial charge in [0.25, 0.3) is 11.6 Å². The van der Waals surface area contributed by atoms with Gasteiger partial charge in [-0.15, -0.1) is 10.2 Å². The molecule has 1 aromatic heterocycles. The summed E-state index contributed by atoms with van der Waals surface area (Å²) >= 11 is 1.25. The van der Waals surface area contributed by atoms with Crippen LogP contribution in [-0.2, 0) is 11.3 Å². The number of nitro groups is 1. The van der Waals surface area contributed by atoms with E-state index >= 15 is 0 Å². The molecule has 3 rings (SSSR count). The Labute approximate surface area is 177 Å². The van der Waals surface area contributed by atoms with Gasteiger partial charge in [-0.2, -0.15) is 5.10 Å². The Morgan fingerprint density at radius 3 is 2.67 bits per heavy atom. The molecule has 10 heteroatoms. The van der Waals surface area contributed by atoms with Crippen LogP contribution >= 0.6 is 11.8 Å². The largest absolute Gasteiger partial charge is 0.302 e. The maximum atomic E-state index is 12.1. The number of nitrogens with one attached hydrogen (secondary N) is 1. The number of nitrogens with zero attached hydrogens (tertiary/aromatic N) is 5. The number of carbonyl (C=O) groups is 1. The maximum Gasteiger partial charge on any atom is 0.278 e. The van der Waals surface area contributed by atoms with Crippen LogP contribution in [0.4, 0.5) is 5.69 Å². The Bertz CT molecular complexity index is 1080. The third-order valence-electron chi connectivity index (χ3n) is 4.20.